The van der Waals surface area contributed by atoms with Gasteiger partial charge in [-0.15, -0.1) is 0 Å². The Hall–Kier alpha value is -2.61. The molecule has 3 aromatic rings. The number of nitrogens with zero attached hydrogens (tertiary/aromatic N) is 4. The molecule has 2 aliphatic heterocycles. The molecule has 2 aliphatic rings. The van der Waals surface area contributed by atoms with Gasteiger partial charge in [0.2, 0.25) is 0 Å². The Kier molecular flexibility index (Phi) is 6.27. The minimum atomic E-state index is -1.20. The Morgan fingerprint density at radius 3 is 2.53 bits per heavy atom. The molecule has 0 spiro atoms. The number of hydrogen-bond donors (Lipinski definition) is 1. The summed E-state index contributed by atoms with van der Waals surface area (Å²) in [6, 6.07) is 10.3. The van der Waals surface area contributed by atoms with Crippen molar-refractivity contribution in [2.45, 2.75) is 51.0 Å². The van der Waals surface area contributed by atoms with Crippen molar-refractivity contribution in [1.29, 1.82) is 0 Å². The molecule has 0 aliphatic carbocycles. The molecule has 2 saturated heterocycles. The van der Waals surface area contributed by atoms with Crippen molar-refractivity contribution < 1.29 is 14.4 Å². The number of likely N-dealkylation sites (tertiary alicyclic amines) is 1. The number of pyridine rings is 1. The minimum absolute atomic E-state index is 0.255. The van der Waals surface area contributed by atoms with E-state index in [1.54, 1.807) is 12.4 Å². The maximum Gasteiger partial charge on any atom is 0.259 e. The van der Waals surface area contributed by atoms with Gasteiger partial charge in [-0.3, -0.25) is 4.98 Å². The van der Waals surface area contributed by atoms with Gasteiger partial charge in [-0.1, -0.05) is 49.7 Å². The zero-order valence-corrected chi connectivity index (χ0v) is 20.3. The summed E-state index contributed by atoms with van der Waals surface area (Å²) in [6.07, 6.45) is 7.42. The molecular formula is C27H34N4O3. The summed E-state index contributed by atoms with van der Waals surface area (Å²) >= 11 is 0. The summed E-state index contributed by atoms with van der Waals surface area (Å²) in [6.45, 7) is 7.36. The Morgan fingerprint density at radius 2 is 1.85 bits per heavy atom. The number of aliphatic hydroxyl groups is 1. The predicted molar refractivity (Wildman–Crippen MR) is 129 cm³/mol. The normalized spacial score (nSPS) is 20.6. The molecular weight excluding hydrogens is 428 g/mol. The van der Waals surface area contributed by atoms with E-state index in [1.807, 2.05) is 6.07 Å². The molecule has 0 radical (unpaired) electrons. The number of aryl methyl sites for hydroxylation is 1. The van der Waals surface area contributed by atoms with E-state index < -0.39 is 5.60 Å². The van der Waals surface area contributed by atoms with Gasteiger partial charge in [0.1, 0.15) is 5.60 Å². The van der Waals surface area contributed by atoms with Crippen LogP contribution < -0.4 is 0 Å². The summed E-state index contributed by atoms with van der Waals surface area (Å²) in [7, 11) is 2.08. The predicted octanol–water partition coefficient (Wildman–Crippen LogP) is 4.17. The maximum atomic E-state index is 12.4. The summed E-state index contributed by atoms with van der Waals surface area (Å²) in [5, 5.41) is 16.6. The second-order valence-electron chi connectivity index (χ2n) is 10.2. The minimum Gasteiger partial charge on any atom is -0.381 e. The Balaban J connectivity index is 1.51. The van der Waals surface area contributed by atoms with Crippen LogP contribution in [0.25, 0.3) is 11.5 Å². The van der Waals surface area contributed by atoms with Crippen molar-refractivity contribution in [2.24, 2.45) is 5.41 Å². The van der Waals surface area contributed by atoms with Crippen LogP contribution in [0.3, 0.4) is 0 Å². The van der Waals surface area contributed by atoms with E-state index in [1.165, 1.54) is 5.56 Å². The molecule has 180 valence electrons. The first kappa shape index (κ1) is 23.1. The molecule has 2 aromatic heterocycles. The molecule has 34 heavy (non-hydrogen) atoms. The fourth-order valence-corrected chi connectivity index (χ4v) is 5.67. The first-order valence-corrected chi connectivity index (χ1v) is 12.3. The van der Waals surface area contributed by atoms with Crippen molar-refractivity contribution in [3.63, 3.8) is 0 Å². The van der Waals surface area contributed by atoms with Crippen LogP contribution >= 0.6 is 0 Å². The van der Waals surface area contributed by atoms with Gasteiger partial charge in [0, 0.05) is 55.6 Å². The van der Waals surface area contributed by atoms with E-state index >= 15 is 0 Å². The van der Waals surface area contributed by atoms with Crippen molar-refractivity contribution in [2.75, 3.05) is 33.4 Å². The van der Waals surface area contributed by atoms with Crippen molar-refractivity contribution >= 4 is 0 Å². The molecule has 1 N–H and O–H groups in total. The van der Waals surface area contributed by atoms with Crippen LogP contribution in [0.2, 0.25) is 0 Å². The average molecular weight is 463 g/mol. The average Bonchev–Trinajstić information content (AvgIpc) is 3.34. The fraction of sp³-hybridized carbons (Fsp3) is 0.519. The molecule has 7 heteroatoms. The van der Waals surface area contributed by atoms with Gasteiger partial charge < -0.3 is 19.3 Å². The van der Waals surface area contributed by atoms with Gasteiger partial charge in [0.25, 0.3) is 5.89 Å². The SMILES string of the molecule is CCCc1ccc(C(O)(c2cncc(-c3nc(C4CCOCC4)no3)c2)C2(C)CN(C)C2)cc1. The van der Waals surface area contributed by atoms with Gasteiger partial charge in [-0.2, -0.15) is 4.98 Å². The lowest BCUT2D eigenvalue weighted by Gasteiger charge is -2.55. The quantitative estimate of drug-likeness (QED) is 0.564. The lowest BCUT2D eigenvalue weighted by atomic mass is 9.62. The van der Waals surface area contributed by atoms with Crippen LogP contribution in [0.4, 0.5) is 0 Å². The molecule has 4 heterocycles. The highest BCUT2D eigenvalue weighted by Crippen LogP contribution is 2.50. The zero-order valence-electron chi connectivity index (χ0n) is 20.3. The van der Waals surface area contributed by atoms with Gasteiger partial charge in [0.15, 0.2) is 5.82 Å². The number of rotatable bonds is 7. The van der Waals surface area contributed by atoms with Gasteiger partial charge >= 0.3 is 0 Å². The zero-order chi connectivity index (χ0) is 23.8. The molecule has 1 atom stereocenters. The largest absolute Gasteiger partial charge is 0.381 e. The molecule has 1 aromatic carbocycles. The Bertz CT molecular complexity index is 1120. The first-order chi connectivity index (χ1) is 16.4. The molecule has 0 saturated carbocycles. The standard InChI is InChI=1S/C27H34N4O3/c1-4-5-19-6-8-22(9-7-19)27(32,26(2)17-31(3)18-26)23-14-21(15-28-16-23)25-29-24(30-34-25)20-10-12-33-13-11-20/h6-9,14-16,20,32H,4-5,10-13,17-18H2,1-3H3. The summed E-state index contributed by atoms with van der Waals surface area (Å²) in [5.74, 6) is 1.41. The third-order valence-corrected chi connectivity index (χ3v) is 7.45. The Morgan fingerprint density at radius 1 is 1.12 bits per heavy atom. The third kappa shape index (κ3) is 4.06. The second-order valence-corrected chi connectivity index (χ2v) is 10.2. The third-order valence-electron chi connectivity index (χ3n) is 7.45. The van der Waals surface area contributed by atoms with E-state index in [2.05, 4.69) is 65.2 Å². The highest BCUT2D eigenvalue weighted by Gasteiger charge is 2.55. The fourth-order valence-electron chi connectivity index (χ4n) is 5.67. The second kappa shape index (κ2) is 9.21. The number of aromatic nitrogens is 3. The molecule has 7 nitrogen and oxygen atoms in total. The molecule has 2 fully saturated rings. The van der Waals surface area contributed by atoms with E-state index in [9.17, 15) is 5.11 Å². The van der Waals surface area contributed by atoms with Crippen LogP contribution in [0.1, 0.15) is 61.5 Å². The molecule has 5 rings (SSSR count). The lowest BCUT2D eigenvalue weighted by Crippen LogP contribution is -2.63. The van der Waals surface area contributed by atoms with Gasteiger partial charge in [-0.05, 0) is 43.5 Å². The molecule has 1 unspecified atom stereocenters. The maximum absolute atomic E-state index is 12.4. The smallest absolute Gasteiger partial charge is 0.259 e. The topological polar surface area (TPSA) is 84.5 Å². The van der Waals surface area contributed by atoms with Crippen LogP contribution in [0.5, 0.6) is 0 Å². The summed E-state index contributed by atoms with van der Waals surface area (Å²) in [4.78, 5) is 11.4. The van der Waals surface area contributed by atoms with Gasteiger partial charge in [-0.25, -0.2) is 0 Å². The van der Waals surface area contributed by atoms with E-state index in [0.29, 0.717) is 5.89 Å². The number of ether oxygens (including phenoxy) is 1. The highest BCUT2D eigenvalue weighted by atomic mass is 16.5. The van der Waals surface area contributed by atoms with Crippen molar-refractivity contribution in [1.82, 2.24) is 20.0 Å². The van der Waals surface area contributed by atoms with Crippen LogP contribution in [0.15, 0.2) is 47.2 Å². The monoisotopic (exact) mass is 462 g/mol. The van der Waals surface area contributed by atoms with Crippen LogP contribution in [0, 0.1) is 5.41 Å². The van der Waals surface area contributed by atoms with Crippen LogP contribution in [-0.4, -0.2) is 58.5 Å². The van der Waals surface area contributed by atoms with E-state index in [4.69, 9.17) is 9.26 Å². The van der Waals surface area contributed by atoms with E-state index in [0.717, 1.165) is 74.5 Å². The number of hydrogen-bond acceptors (Lipinski definition) is 7. The lowest BCUT2D eigenvalue weighted by molar-refractivity contribution is -0.127. The van der Waals surface area contributed by atoms with Crippen molar-refractivity contribution in [3.8, 4) is 11.5 Å². The summed E-state index contributed by atoms with van der Waals surface area (Å²) in [5.41, 5.74) is 2.08. The first-order valence-electron chi connectivity index (χ1n) is 12.3. The highest BCUT2D eigenvalue weighted by molar-refractivity contribution is 5.55. The molecule has 0 bridgehead atoms. The van der Waals surface area contributed by atoms with E-state index in [-0.39, 0.29) is 11.3 Å². The van der Waals surface area contributed by atoms with Crippen LogP contribution in [-0.2, 0) is 16.8 Å². The Labute approximate surface area is 201 Å². The summed E-state index contributed by atoms with van der Waals surface area (Å²) < 4.78 is 11.1. The van der Waals surface area contributed by atoms with Crippen molar-refractivity contribution in [3.05, 3.63) is 65.2 Å². The molecule has 0 amide bonds. The van der Waals surface area contributed by atoms with Gasteiger partial charge in [0.05, 0.1) is 5.56 Å². The number of benzene rings is 1.